The van der Waals surface area contributed by atoms with Gasteiger partial charge >= 0.3 is 5.97 Å². The maximum Gasteiger partial charge on any atom is 0.325 e. The number of hydrogen-bond donors (Lipinski definition) is 1. The maximum atomic E-state index is 12.3. The molecule has 128 valence electrons. The largest absolute Gasteiger partial charge is 0.468 e. The number of aromatic nitrogens is 2. The highest BCUT2D eigenvalue weighted by molar-refractivity contribution is 5.80. The van der Waals surface area contributed by atoms with Crippen molar-refractivity contribution >= 4 is 22.9 Å². The number of benzene rings is 1. The lowest BCUT2D eigenvalue weighted by atomic mass is 9.89. The Balaban J connectivity index is 1.76. The molecular formula is C18H23N3O3. The monoisotopic (exact) mass is 329 g/mol. The van der Waals surface area contributed by atoms with Crippen molar-refractivity contribution < 1.29 is 14.3 Å². The molecule has 6 nitrogen and oxygen atoms in total. The summed E-state index contributed by atoms with van der Waals surface area (Å²) in [5, 5.41) is 2.99. The van der Waals surface area contributed by atoms with E-state index in [9.17, 15) is 9.59 Å². The van der Waals surface area contributed by atoms with Crippen molar-refractivity contribution in [3.05, 3.63) is 30.1 Å². The quantitative estimate of drug-likeness (QED) is 0.855. The van der Waals surface area contributed by atoms with Crippen LogP contribution in [0.4, 0.5) is 0 Å². The van der Waals surface area contributed by atoms with E-state index in [1.807, 2.05) is 28.8 Å². The van der Waals surface area contributed by atoms with E-state index in [0.717, 1.165) is 36.7 Å². The highest BCUT2D eigenvalue weighted by atomic mass is 16.5. The highest BCUT2D eigenvalue weighted by Gasteiger charge is 2.21. The zero-order valence-corrected chi connectivity index (χ0v) is 14.0. The topological polar surface area (TPSA) is 73.2 Å². The maximum absolute atomic E-state index is 12.3. The normalized spacial score (nSPS) is 15.4. The van der Waals surface area contributed by atoms with Gasteiger partial charge in [-0.3, -0.25) is 9.59 Å². The van der Waals surface area contributed by atoms with E-state index in [4.69, 9.17) is 4.74 Å². The summed E-state index contributed by atoms with van der Waals surface area (Å²) in [6.07, 6.45) is 5.39. The number of imidazole rings is 1. The van der Waals surface area contributed by atoms with Crippen molar-refractivity contribution in [1.29, 1.82) is 0 Å². The minimum atomic E-state index is -0.335. The van der Waals surface area contributed by atoms with Gasteiger partial charge in [0.25, 0.3) is 0 Å². The number of hydrogen-bond acceptors (Lipinski definition) is 4. The lowest BCUT2D eigenvalue weighted by Gasteiger charge is -2.20. The summed E-state index contributed by atoms with van der Waals surface area (Å²) in [7, 11) is 1.37. The minimum Gasteiger partial charge on any atom is -0.468 e. The number of rotatable bonds is 5. The number of ether oxygens (including phenoxy) is 1. The molecule has 1 aromatic carbocycles. The summed E-state index contributed by atoms with van der Waals surface area (Å²) in [4.78, 5) is 28.6. The molecule has 1 amide bonds. The molecule has 1 fully saturated rings. The van der Waals surface area contributed by atoms with Crippen LogP contribution in [0.15, 0.2) is 24.3 Å². The van der Waals surface area contributed by atoms with Crippen LogP contribution in [-0.4, -0.2) is 28.5 Å². The first kappa shape index (κ1) is 16.5. The van der Waals surface area contributed by atoms with Crippen LogP contribution in [0.1, 0.15) is 37.9 Å². The Labute approximate surface area is 141 Å². The van der Waals surface area contributed by atoms with E-state index in [0.29, 0.717) is 12.4 Å². The number of methoxy groups -OCH3 is 1. The van der Waals surface area contributed by atoms with Crippen LogP contribution in [0, 0.1) is 5.92 Å². The molecule has 0 aliphatic heterocycles. The number of carbonyl (C=O) groups excluding carboxylic acids is 2. The molecular weight excluding hydrogens is 306 g/mol. The van der Waals surface area contributed by atoms with Gasteiger partial charge in [-0.25, -0.2) is 4.98 Å². The van der Waals surface area contributed by atoms with Gasteiger partial charge < -0.3 is 14.6 Å². The van der Waals surface area contributed by atoms with Crippen LogP contribution in [0.25, 0.3) is 11.0 Å². The smallest absolute Gasteiger partial charge is 0.325 e. The summed E-state index contributed by atoms with van der Waals surface area (Å²) >= 11 is 0. The number of amides is 1. The van der Waals surface area contributed by atoms with Gasteiger partial charge in [0.05, 0.1) is 24.7 Å². The Bertz CT molecular complexity index is 732. The molecule has 1 aliphatic rings. The predicted octanol–water partition coefficient (Wildman–Crippen LogP) is 2.41. The first-order valence-electron chi connectivity index (χ1n) is 8.47. The van der Waals surface area contributed by atoms with Crippen LogP contribution in [0.3, 0.4) is 0 Å². The molecule has 1 aliphatic carbocycles. The summed E-state index contributed by atoms with van der Waals surface area (Å²) in [6, 6.07) is 7.62. The third-order valence-electron chi connectivity index (χ3n) is 4.65. The SMILES string of the molecule is COC(=O)Cn1c(CNC(=O)C2CCCCC2)nc2ccccc21. The standard InChI is InChI=1S/C18H23N3O3/c1-24-17(22)12-21-15-10-6-5-9-14(15)20-16(21)11-19-18(23)13-7-3-2-4-8-13/h5-6,9-10,13H,2-4,7-8,11-12H2,1H3,(H,19,23). The lowest BCUT2D eigenvalue weighted by molar-refractivity contribution is -0.141. The molecule has 0 atom stereocenters. The summed E-state index contributed by atoms with van der Waals surface area (Å²) < 4.78 is 6.58. The number of nitrogens with zero attached hydrogens (tertiary/aromatic N) is 2. The zero-order chi connectivity index (χ0) is 16.9. The van der Waals surface area contributed by atoms with Crippen LogP contribution in [-0.2, 0) is 27.4 Å². The average molecular weight is 329 g/mol. The van der Waals surface area contributed by atoms with E-state index >= 15 is 0 Å². The number of nitrogens with one attached hydrogen (secondary N) is 1. The summed E-state index contributed by atoms with van der Waals surface area (Å²) in [5.41, 5.74) is 1.67. The van der Waals surface area contributed by atoms with Crippen molar-refractivity contribution in [2.45, 2.75) is 45.2 Å². The Hall–Kier alpha value is -2.37. The van der Waals surface area contributed by atoms with E-state index < -0.39 is 0 Å². The van der Waals surface area contributed by atoms with E-state index in [-0.39, 0.29) is 24.3 Å². The Morgan fingerprint density at radius 2 is 2.00 bits per heavy atom. The molecule has 1 saturated carbocycles. The third kappa shape index (κ3) is 3.58. The molecule has 2 aromatic rings. The minimum absolute atomic E-state index is 0.0889. The molecule has 0 radical (unpaired) electrons. The van der Waals surface area contributed by atoms with Gasteiger partial charge in [-0.2, -0.15) is 0 Å². The molecule has 6 heteroatoms. The molecule has 24 heavy (non-hydrogen) atoms. The molecule has 0 spiro atoms. The first-order valence-corrected chi connectivity index (χ1v) is 8.47. The second-order valence-electron chi connectivity index (χ2n) is 6.23. The van der Waals surface area contributed by atoms with Crippen molar-refractivity contribution in [3.63, 3.8) is 0 Å². The van der Waals surface area contributed by atoms with E-state index in [1.54, 1.807) is 0 Å². The first-order chi connectivity index (χ1) is 11.7. The Morgan fingerprint density at radius 3 is 2.75 bits per heavy atom. The Kier molecular flexibility index (Phi) is 5.13. The summed E-state index contributed by atoms with van der Waals surface area (Å²) in [5.74, 6) is 0.535. The van der Waals surface area contributed by atoms with Gasteiger partial charge in [0, 0.05) is 5.92 Å². The Morgan fingerprint density at radius 1 is 1.25 bits per heavy atom. The van der Waals surface area contributed by atoms with Gasteiger partial charge in [0.2, 0.25) is 5.91 Å². The van der Waals surface area contributed by atoms with Crippen molar-refractivity contribution in [1.82, 2.24) is 14.9 Å². The van der Waals surface area contributed by atoms with Crippen LogP contribution in [0.2, 0.25) is 0 Å². The highest BCUT2D eigenvalue weighted by Crippen LogP contribution is 2.24. The van der Waals surface area contributed by atoms with Crippen LogP contribution < -0.4 is 5.32 Å². The van der Waals surface area contributed by atoms with Gasteiger partial charge in [-0.05, 0) is 25.0 Å². The van der Waals surface area contributed by atoms with Gasteiger partial charge in [-0.15, -0.1) is 0 Å². The van der Waals surface area contributed by atoms with E-state index in [1.165, 1.54) is 13.5 Å². The molecule has 0 bridgehead atoms. The fourth-order valence-corrected chi connectivity index (χ4v) is 3.31. The van der Waals surface area contributed by atoms with Crippen molar-refractivity contribution in [2.24, 2.45) is 5.92 Å². The van der Waals surface area contributed by atoms with Gasteiger partial charge in [0.1, 0.15) is 12.4 Å². The second-order valence-corrected chi connectivity index (χ2v) is 6.23. The number of esters is 1. The van der Waals surface area contributed by atoms with Crippen LogP contribution in [0.5, 0.6) is 0 Å². The molecule has 1 N–H and O–H groups in total. The fourth-order valence-electron chi connectivity index (χ4n) is 3.31. The fraction of sp³-hybridized carbons (Fsp3) is 0.500. The van der Waals surface area contributed by atoms with Crippen molar-refractivity contribution in [3.8, 4) is 0 Å². The summed E-state index contributed by atoms with van der Waals surface area (Å²) in [6.45, 7) is 0.409. The van der Waals surface area contributed by atoms with E-state index in [2.05, 4.69) is 10.3 Å². The number of fused-ring (bicyclic) bond motifs is 1. The van der Waals surface area contributed by atoms with Crippen molar-refractivity contribution in [2.75, 3.05) is 7.11 Å². The molecule has 1 aromatic heterocycles. The predicted molar refractivity (Wildman–Crippen MR) is 90.2 cm³/mol. The van der Waals surface area contributed by atoms with Crippen LogP contribution >= 0.6 is 0 Å². The van der Waals surface area contributed by atoms with Gasteiger partial charge in [0.15, 0.2) is 0 Å². The molecule has 1 heterocycles. The zero-order valence-electron chi connectivity index (χ0n) is 14.0. The number of carbonyl (C=O) groups is 2. The number of para-hydroxylation sites is 2. The molecule has 0 unspecified atom stereocenters. The second kappa shape index (κ2) is 7.47. The molecule has 0 saturated heterocycles. The van der Waals surface area contributed by atoms with Gasteiger partial charge in [-0.1, -0.05) is 31.4 Å². The third-order valence-corrected chi connectivity index (χ3v) is 4.65. The molecule has 3 rings (SSSR count). The average Bonchev–Trinajstić information content (AvgIpc) is 2.98. The lowest BCUT2D eigenvalue weighted by Crippen LogP contribution is -2.32.